The van der Waals surface area contributed by atoms with Crippen molar-refractivity contribution in [1.82, 2.24) is 15.1 Å². The monoisotopic (exact) mass is 352 g/mol. The van der Waals surface area contributed by atoms with Crippen molar-refractivity contribution in [1.29, 1.82) is 0 Å². The normalized spacial score (nSPS) is 11.8. The van der Waals surface area contributed by atoms with E-state index in [0.717, 1.165) is 0 Å². The van der Waals surface area contributed by atoms with Gasteiger partial charge in [-0.3, -0.25) is 14.3 Å². The topological polar surface area (TPSA) is 76.0 Å². The Morgan fingerprint density at radius 1 is 1.33 bits per heavy atom. The second-order valence-corrected chi connectivity index (χ2v) is 5.78. The van der Waals surface area contributed by atoms with Crippen LogP contribution >= 0.6 is 11.6 Å². The van der Waals surface area contributed by atoms with Gasteiger partial charge in [-0.25, -0.2) is 4.39 Å². The zero-order valence-electron chi connectivity index (χ0n) is 13.1. The summed E-state index contributed by atoms with van der Waals surface area (Å²) in [4.78, 5) is 23.7. The molecule has 0 bridgehead atoms. The van der Waals surface area contributed by atoms with E-state index in [0.29, 0.717) is 12.2 Å². The first-order valence-electron chi connectivity index (χ1n) is 7.45. The molecule has 0 radical (unpaired) electrons. The molecule has 2 amide bonds. The second-order valence-electron chi connectivity index (χ2n) is 5.37. The lowest BCUT2D eigenvalue weighted by Crippen LogP contribution is -2.36. The number of carbonyl (C=O) groups is 2. The average Bonchev–Trinajstić information content (AvgIpc) is 3.01. The molecule has 0 aliphatic carbocycles. The minimum Gasteiger partial charge on any atom is -0.352 e. The summed E-state index contributed by atoms with van der Waals surface area (Å²) < 4.78 is 14.8. The number of aromatic nitrogens is 2. The molecule has 0 saturated heterocycles. The third-order valence-electron chi connectivity index (χ3n) is 3.21. The fourth-order valence-electron chi connectivity index (χ4n) is 2.11. The van der Waals surface area contributed by atoms with Crippen LogP contribution in [-0.4, -0.2) is 27.6 Å². The summed E-state index contributed by atoms with van der Waals surface area (Å²) in [5.41, 5.74) is 0.388. The maximum Gasteiger partial charge on any atom is 0.224 e. The van der Waals surface area contributed by atoms with Crippen LogP contribution < -0.4 is 10.6 Å². The van der Waals surface area contributed by atoms with Crippen LogP contribution in [-0.2, 0) is 16.1 Å². The van der Waals surface area contributed by atoms with E-state index in [4.69, 9.17) is 11.6 Å². The number of anilines is 1. The van der Waals surface area contributed by atoms with Gasteiger partial charge >= 0.3 is 0 Å². The first kappa shape index (κ1) is 17.9. The summed E-state index contributed by atoms with van der Waals surface area (Å²) >= 11 is 5.64. The van der Waals surface area contributed by atoms with Crippen LogP contribution in [0.5, 0.6) is 0 Å². The number of hydrogen-bond donors (Lipinski definition) is 2. The van der Waals surface area contributed by atoms with Crippen molar-refractivity contribution in [3.05, 3.63) is 47.5 Å². The smallest absolute Gasteiger partial charge is 0.224 e. The second kappa shape index (κ2) is 8.44. The first-order valence-corrected chi connectivity index (χ1v) is 7.83. The molecule has 24 heavy (non-hydrogen) atoms. The van der Waals surface area contributed by atoms with E-state index in [9.17, 15) is 14.0 Å². The van der Waals surface area contributed by atoms with Crippen LogP contribution in [0.1, 0.15) is 19.8 Å². The van der Waals surface area contributed by atoms with Gasteiger partial charge in [0.25, 0.3) is 0 Å². The van der Waals surface area contributed by atoms with Crippen LogP contribution in [0.4, 0.5) is 10.1 Å². The van der Waals surface area contributed by atoms with Gasteiger partial charge in [-0.2, -0.15) is 5.10 Å². The summed E-state index contributed by atoms with van der Waals surface area (Å²) in [6, 6.07) is 5.60. The molecular formula is C16H18ClFN4O2. The van der Waals surface area contributed by atoms with Gasteiger partial charge in [-0.05, 0) is 31.2 Å². The highest BCUT2D eigenvalue weighted by Gasteiger charge is 2.11. The molecule has 0 saturated carbocycles. The molecule has 2 rings (SSSR count). The molecule has 0 spiro atoms. The van der Waals surface area contributed by atoms with E-state index in [1.807, 2.05) is 13.1 Å². The molecule has 1 atom stereocenters. The summed E-state index contributed by atoms with van der Waals surface area (Å²) in [5.74, 6) is -1.12. The Kier molecular flexibility index (Phi) is 6.31. The third-order valence-corrected chi connectivity index (χ3v) is 3.50. The molecule has 128 valence electrons. The van der Waals surface area contributed by atoms with Crippen molar-refractivity contribution in [2.24, 2.45) is 0 Å². The first-order chi connectivity index (χ1) is 11.4. The molecule has 1 aromatic carbocycles. The predicted molar refractivity (Wildman–Crippen MR) is 89.1 cm³/mol. The molecule has 6 nitrogen and oxygen atoms in total. The van der Waals surface area contributed by atoms with Crippen LogP contribution in [0, 0.1) is 5.82 Å². The lowest BCUT2D eigenvalue weighted by atomic mass is 10.2. The molecule has 0 unspecified atom stereocenters. The lowest BCUT2D eigenvalue weighted by molar-refractivity contribution is -0.124. The minimum atomic E-state index is -0.555. The van der Waals surface area contributed by atoms with Gasteiger partial charge in [0.15, 0.2) is 0 Å². The highest BCUT2D eigenvalue weighted by Crippen LogP contribution is 2.19. The largest absolute Gasteiger partial charge is 0.352 e. The van der Waals surface area contributed by atoms with Gasteiger partial charge in [0.2, 0.25) is 11.8 Å². The van der Waals surface area contributed by atoms with Crippen LogP contribution in [0.3, 0.4) is 0 Å². The SMILES string of the molecule is C[C@@H](Cn1cccn1)NC(=O)CCC(=O)Nc1ccc(F)c(Cl)c1. The van der Waals surface area contributed by atoms with Crippen molar-refractivity contribution in [2.75, 3.05) is 5.32 Å². The average molecular weight is 353 g/mol. The highest BCUT2D eigenvalue weighted by atomic mass is 35.5. The van der Waals surface area contributed by atoms with Gasteiger partial charge < -0.3 is 10.6 Å². The molecule has 0 aliphatic rings. The molecule has 2 N–H and O–H groups in total. The fraction of sp³-hybridized carbons (Fsp3) is 0.312. The molecule has 2 aromatic rings. The summed E-state index contributed by atoms with van der Waals surface area (Å²) in [5, 5.41) is 9.36. The van der Waals surface area contributed by atoms with Gasteiger partial charge in [0, 0.05) is 37.0 Å². The standard InChI is InChI=1S/C16H18ClFN4O2/c1-11(10-22-8-2-7-19-22)20-15(23)5-6-16(24)21-12-3-4-14(18)13(17)9-12/h2-4,7-9,11H,5-6,10H2,1H3,(H,20,23)(H,21,24)/t11-/m0/s1. The van der Waals surface area contributed by atoms with E-state index >= 15 is 0 Å². The zero-order chi connectivity index (χ0) is 17.5. The van der Waals surface area contributed by atoms with E-state index in [-0.39, 0.29) is 35.7 Å². The predicted octanol–water partition coefficient (Wildman–Crippen LogP) is 2.60. The van der Waals surface area contributed by atoms with Crippen molar-refractivity contribution in [2.45, 2.75) is 32.4 Å². The summed E-state index contributed by atoms with van der Waals surface area (Å²) in [7, 11) is 0. The number of nitrogens with one attached hydrogen (secondary N) is 2. The number of carbonyl (C=O) groups excluding carboxylic acids is 2. The number of amides is 2. The van der Waals surface area contributed by atoms with Gasteiger partial charge in [0.05, 0.1) is 11.6 Å². The minimum absolute atomic E-state index is 0.0231. The number of rotatable bonds is 7. The van der Waals surface area contributed by atoms with E-state index in [2.05, 4.69) is 15.7 Å². The van der Waals surface area contributed by atoms with Gasteiger partial charge in [-0.15, -0.1) is 0 Å². The molecule has 0 fully saturated rings. The Morgan fingerprint density at radius 2 is 2.08 bits per heavy atom. The highest BCUT2D eigenvalue weighted by molar-refractivity contribution is 6.31. The van der Waals surface area contributed by atoms with E-state index in [1.165, 1.54) is 18.2 Å². The fourth-order valence-corrected chi connectivity index (χ4v) is 2.29. The molecular weight excluding hydrogens is 335 g/mol. The number of hydrogen-bond acceptors (Lipinski definition) is 3. The van der Waals surface area contributed by atoms with Crippen molar-refractivity contribution >= 4 is 29.1 Å². The number of nitrogens with zero attached hydrogens (tertiary/aromatic N) is 2. The molecule has 8 heteroatoms. The molecule has 0 aliphatic heterocycles. The Morgan fingerprint density at radius 3 is 2.75 bits per heavy atom. The Hall–Kier alpha value is -2.41. The number of halogens is 2. The molecule has 1 aromatic heterocycles. The van der Waals surface area contributed by atoms with Crippen molar-refractivity contribution in [3.63, 3.8) is 0 Å². The van der Waals surface area contributed by atoms with E-state index < -0.39 is 5.82 Å². The van der Waals surface area contributed by atoms with Crippen LogP contribution in [0.25, 0.3) is 0 Å². The van der Waals surface area contributed by atoms with Crippen LogP contribution in [0.15, 0.2) is 36.7 Å². The summed E-state index contributed by atoms with van der Waals surface area (Å²) in [6.45, 7) is 2.42. The zero-order valence-corrected chi connectivity index (χ0v) is 13.9. The maximum atomic E-state index is 13.0. The summed E-state index contributed by atoms with van der Waals surface area (Å²) in [6.07, 6.45) is 3.56. The van der Waals surface area contributed by atoms with E-state index in [1.54, 1.807) is 16.9 Å². The Bertz CT molecular complexity index is 706. The Balaban J connectivity index is 1.72. The lowest BCUT2D eigenvalue weighted by Gasteiger charge is -2.14. The molecule has 1 heterocycles. The van der Waals surface area contributed by atoms with Gasteiger partial charge in [-0.1, -0.05) is 11.6 Å². The van der Waals surface area contributed by atoms with Crippen LogP contribution in [0.2, 0.25) is 5.02 Å². The van der Waals surface area contributed by atoms with Gasteiger partial charge in [0.1, 0.15) is 5.82 Å². The number of benzene rings is 1. The quantitative estimate of drug-likeness (QED) is 0.804. The third kappa shape index (κ3) is 5.66. The maximum absolute atomic E-state index is 13.0. The van der Waals surface area contributed by atoms with Crippen molar-refractivity contribution in [3.8, 4) is 0 Å². The Labute approximate surface area is 144 Å². The van der Waals surface area contributed by atoms with Crippen molar-refractivity contribution < 1.29 is 14.0 Å².